The normalized spacial score (nSPS) is 23.0. The standard InChI is InChI=1S/C26H28N2O4/c1-31-20-8-9-22-18(14-20)10-12-27-26(22)23-6-3-5-19(16-29)28(23)25(30)15-17-4-2-7-24-21(17)11-13-32-24/h2,4,7-9,11,13-14,16,19,23,26-27H,3,5-6,10,12,15H2,1H3. The molecule has 1 amide bonds. The van der Waals surface area contributed by atoms with Crippen molar-refractivity contribution < 1.29 is 18.7 Å². The summed E-state index contributed by atoms with van der Waals surface area (Å²) >= 11 is 0. The second-order valence-corrected chi connectivity index (χ2v) is 8.68. The zero-order chi connectivity index (χ0) is 22.1. The monoisotopic (exact) mass is 432 g/mol. The van der Waals surface area contributed by atoms with Gasteiger partial charge in [-0.05, 0) is 73.2 Å². The Morgan fingerprint density at radius 3 is 3.00 bits per heavy atom. The Bertz CT molecular complexity index is 1140. The molecule has 3 aromatic rings. The Morgan fingerprint density at radius 1 is 1.25 bits per heavy atom. The van der Waals surface area contributed by atoms with Gasteiger partial charge in [-0.1, -0.05) is 18.2 Å². The number of carbonyl (C=O) groups excluding carboxylic acids is 2. The van der Waals surface area contributed by atoms with E-state index in [9.17, 15) is 9.59 Å². The molecule has 6 heteroatoms. The molecule has 0 saturated carbocycles. The number of ether oxygens (including phenoxy) is 1. The van der Waals surface area contributed by atoms with Crippen LogP contribution in [0.3, 0.4) is 0 Å². The molecule has 1 fully saturated rings. The summed E-state index contributed by atoms with van der Waals surface area (Å²) in [6.45, 7) is 0.837. The Balaban J connectivity index is 1.47. The third-order valence-corrected chi connectivity index (χ3v) is 6.92. The quantitative estimate of drug-likeness (QED) is 0.621. The third kappa shape index (κ3) is 3.69. The van der Waals surface area contributed by atoms with Crippen molar-refractivity contribution in [3.8, 4) is 5.75 Å². The Kier molecular flexibility index (Phi) is 5.70. The first-order valence-corrected chi connectivity index (χ1v) is 11.3. The number of carbonyl (C=O) groups is 2. The smallest absolute Gasteiger partial charge is 0.227 e. The molecule has 6 nitrogen and oxygen atoms in total. The van der Waals surface area contributed by atoms with E-state index in [0.717, 1.165) is 54.4 Å². The van der Waals surface area contributed by atoms with E-state index in [1.807, 2.05) is 35.2 Å². The Hall–Kier alpha value is -3.12. The topological polar surface area (TPSA) is 71.8 Å². The van der Waals surface area contributed by atoms with Crippen LogP contribution in [0.15, 0.2) is 53.1 Å². The molecule has 1 N–H and O–H groups in total. The van der Waals surface area contributed by atoms with Crippen LogP contribution in [-0.4, -0.2) is 42.8 Å². The molecular formula is C26H28N2O4. The zero-order valence-corrected chi connectivity index (χ0v) is 18.3. The Labute approximate surface area is 187 Å². The van der Waals surface area contributed by atoms with E-state index in [1.165, 1.54) is 11.1 Å². The van der Waals surface area contributed by atoms with Gasteiger partial charge >= 0.3 is 0 Å². The number of aldehydes is 1. The van der Waals surface area contributed by atoms with Gasteiger partial charge in [-0.25, -0.2) is 0 Å². The molecule has 0 aliphatic carbocycles. The number of likely N-dealkylation sites (tertiary alicyclic amines) is 1. The zero-order valence-electron chi connectivity index (χ0n) is 18.3. The number of methoxy groups -OCH3 is 1. The highest BCUT2D eigenvalue weighted by Crippen LogP contribution is 2.36. The Morgan fingerprint density at radius 2 is 2.16 bits per heavy atom. The molecule has 166 valence electrons. The van der Waals surface area contributed by atoms with E-state index in [2.05, 4.69) is 17.4 Å². The molecule has 2 aliphatic rings. The summed E-state index contributed by atoms with van der Waals surface area (Å²) in [5, 5.41) is 4.59. The van der Waals surface area contributed by atoms with E-state index in [0.29, 0.717) is 6.42 Å². The van der Waals surface area contributed by atoms with Gasteiger partial charge in [-0.3, -0.25) is 4.79 Å². The van der Waals surface area contributed by atoms with E-state index < -0.39 is 6.04 Å². The summed E-state index contributed by atoms with van der Waals surface area (Å²) in [4.78, 5) is 27.5. The number of piperidine rings is 1. The highest BCUT2D eigenvalue weighted by atomic mass is 16.5. The van der Waals surface area contributed by atoms with Crippen LogP contribution in [0.5, 0.6) is 5.75 Å². The maximum atomic E-state index is 13.7. The molecule has 0 spiro atoms. The number of fused-ring (bicyclic) bond motifs is 2. The lowest BCUT2D eigenvalue weighted by Crippen LogP contribution is -2.56. The van der Waals surface area contributed by atoms with Gasteiger partial charge in [0.2, 0.25) is 5.91 Å². The highest BCUT2D eigenvalue weighted by Gasteiger charge is 2.40. The van der Waals surface area contributed by atoms with Crippen LogP contribution in [0.4, 0.5) is 0 Å². The largest absolute Gasteiger partial charge is 0.497 e. The molecule has 2 aromatic carbocycles. The van der Waals surface area contributed by atoms with Crippen molar-refractivity contribution in [3.63, 3.8) is 0 Å². The van der Waals surface area contributed by atoms with Crippen LogP contribution in [0.1, 0.15) is 42.0 Å². The summed E-state index contributed by atoms with van der Waals surface area (Å²) in [7, 11) is 1.68. The first kappa shape index (κ1) is 20.8. The number of nitrogens with zero attached hydrogens (tertiary/aromatic N) is 1. The van der Waals surface area contributed by atoms with Gasteiger partial charge in [0.05, 0.1) is 37.9 Å². The number of nitrogens with one attached hydrogen (secondary N) is 1. The predicted octanol–water partition coefficient (Wildman–Crippen LogP) is 3.82. The van der Waals surface area contributed by atoms with Gasteiger partial charge in [0, 0.05) is 5.39 Å². The lowest BCUT2D eigenvalue weighted by atomic mass is 9.83. The second-order valence-electron chi connectivity index (χ2n) is 8.68. The summed E-state index contributed by atoms with van der Waals surface area (Å²) in [5.41, 5.74) is 4.14. The average Bonchev–Trinajstić information content (AvgIpc) is 3.32. The van der Waals surface area contributed by atoms with Crippen LogP contribution in [0.2, 0.25) is 0 Å². The van der Waals surface area contributed by atoms with E-state index in [1.54, 1.807) is 13.4 Å². The molecular weight excluding hydrogens is 404 g/mol. The van der Waals surface area contributed by atoms with Crippen molar-refractivity contribution in [2.75, 3.05) is 13.7 Å². The van der Waals surface area contributed by atoms with Crippen LogP contribution in [0.25, 0.3) is 11.0 Å². The fourth-order valence-electron chi connectivity index (χ4n) is 5.40. The lowest BCUT2D eigenvalue weighted by Gasteiger charge is -2.45. The van der Waals surface area contributed by atoms with Crippen molar-refractivity contribution in [2.24, 2.45) is 0 Å². The first-order chi connectivity index (χ1) is 15.7. The summed E-state index contributed by atoms with van der Waals surface area (Å²) in [6, 6.07) is 13.4. The van der Waals surface area contributed by atoms with Gasteiger partial charge in [0.15, 0.2) is 0 Å². The minimum atomic E-state index is -0.393. The number of furan rings is 1. The van der Waals surface area contributed by atoms with Crippen molar-refractivity contribution in [2.45, 2.75) is 50.2 Å². The number of benzene rings is 2. The maximum Gasteiger partial charge on any atom is 0.227 e. The lowest BCUT2D eigenvalue weighted by molar-refractivity contribution is -0.141. The first-order valence-electron chi connectivity index (χ1n) is 11.3. The molecule has 0 radical (unpaired) electrons. The van der Waals surface area contributed by atoms with Gasteiger partial charge in [-0.15, -0.1) is 0 Å². The van der Waals surface area contributed by atoms with E-state index in [-0.39, 0.29) is 24.4 Å². The van der Waals surface area contributed by atoms with Crippen LogP contribution < -0.4 is 10.1 Å². The minimum Gasteiger partial charge on any atom is -0.497 e. The summed E-state index contributed by atoms with van der Waals surface area (Å²) in [6.07, 6.45) is 6.27. The number of rotatable bonds is 5. The van der Waals surface area contributed by atoms with Gasteiger partial charge in [0.1, 0.15) is 17.6 Å². The van der Waals surface area contributed by atoms with Crippen LogP contribution >= 0.6 is 0 Å². The third-order valence-electron chi connectivity index (χ3n) is 6.92. The number of hydrogen-bond donors (Lipinski definition) is 1. The molecule has 1 aromatic heterocycles. The molecule has 32 heavy (non-hydrogen) atoms. The van der Waals surface area contributed by atoms with Crippen molar-refractivity contribution >= 4 is 23.2 Å². The van der Waals surface area contributed by atoms with E-state index >= 15 is 0 Å². The van der Waals surface area contributed by atoms with E-state index in [4.69, 9.17) is 9.15 Å². The molecule has 3 unspecified atom stereocenters. The molecule has 3 heterocycles. The predicted molar refractivity (Wildman–Crippen MR) is 122 cm³/mol. The fraction of sp³-hybridized carbons (Fsp3) is 0.385. The molecule has 0 bridgehead atoms. The summed E-state index contributed by atoms with van der Waals surface area (Å²) in [5.74, 6) is 0.836. The van der Waals surface area contributed by atoms with Crippen LogP contribution in [-0.2, 0) is 22.4 Å². The molecule has 2 aliphatic heterocycles. The van der Waals surface area contributed by atoms with Crippen molar-refractivity contribution in [1.29, 1.82) is 0 Å². The number of amides is 1. The number of hydrogen-bond acceptors (Lipinski definition) is 5. The van der Waals surface area contributed by atoms with Crippen LogP contribution in [0, 0.1) is 0 Å². The molecule has 5 rings (SSSR count). The summed E-state index contributed by atoms with van der Waals surface area (Å²) < 4.78 is 10.9. The fourth-order valence-corrected chi connectivity index (χ4v) is 5.40. The molecule has 1 saturated heterocycles. The maximum absolute atomic E-state index is 13.7. The SMILES string of the molecule is COc1ccc2c(c1)CCNC2C1CCCC(C=O)N1C(=O)Cc1cccc2occc12. The van der Waals surface area contributed by atoms with Gasteiger partial charge in [0.25, 0.3) is 0 Å². The molecule has 3 atom stereocenters. The van der Waals surface area contributed by atoms with Crippen molar-refractivity contribution in [1.82, 2.24) is 10.2 Å². The van der Waals surface area contributed by atoms with Crippen molar-refractivity contribution in [3.05, 3.63) is 65.4 Å². The van der Waals surface area contributed by atoms with Gasteiger partial charge < -0.3 is 24.2 Å². The second kappa shape index (κ2) is 8.79. The highest BCUT2D eigenvalue weighted by molar-refractivity contribution is 5.89. The average molecular weight is 433 g/mol. The minimum absolute atomic E-state index is 0.000994. The van der Waals surface area contributed by atoms with Gasteiger partial charge in [-0.2, -0.15) is 0 Å².